The molecule has 0 atom stereocenters. The van der Waals surface area contributed by atoms with E-state index >= 15 is 0 Å². The summed E-state index contributed by atoms with van der Waals surface area (Å²) in [6.45, 7) is 3.14. The number of hydrogen-bond acceptors (Lipinski definition) is 6. The van der Waals surface area contributed by atoms with E-state index in [1.165, 1.54) is 25.0 Å². The van der Waals surface area contributed by atoms with Crippen LogP contribution in [0.1, 0.15) is 41.6 Å². The normalized spacial score (nSPS) is 13.8. The number of carboxylic acids is 1. The van der Waals surface area contributed by atoms with Crippen LogP contribution in [0.5, 0.6) is 5.88 Å². The Kier molecular flexibility index (Phi) is 8.09. The fourth-order valence-corrected chi connectivity index (χ4v) is 4.77. The molecule has 1 saturated heterocycles. The Hall–Kier alpha value is -3.31. The zero-order chi connectivity index (χ0) is 24.8. The molecule has 0 saturated carbocycles. The summed E-state index contributed by atoms with van der Waals surface area (Å²) in [4.78, 5) is 26.4. The number of aromatic carboxylic acids is 1. The standard InChI is InChI=1S/C24H26F2N4O4S/c25-18-13-15-7-1-2-8-16(15)20(26)17(18)14-34-21-19(23(31)32)22(35-29-21)28-24(33)27-9-3-4-10-30-11-5-6-12-30/h1-2,7-8,13H,3-6,9-12,14H2,(H,31,32)(H2,27,28,33). The number of aromatic nitrogens is 1. The SMILES string of the molecule is O=C(NCCCCN1CCCC1)Nc1snc(OCc2c(F)cc3ccccc3c2F)c1C(=O)O. The topological polar surface area (TPSA) is 104 Å². The van der Waals surface area contributed by atoms with Crippen molar-refractivity contribution in [2.45, 2.75) is 32.3 Å². The number of halogens is 2. The molecule has 4 rings (SSSR count). The maximum Gasteiger partial charge on any atom is 0.344 e. The van der Waals surface area contributed by atoms with Gasteiger partial charge in [0.15, 0.2) is 5.56 Å². The molecule has 1 fully saturated rings. The number of fused-ring (bicyclic) bond motifs is 1. The molecule has 8 nitrogen and oxygen atoms in total. The Morgan fingerprint density at radius 2 is 1.94 bits per heavy atom. The van der Waals surface area contributed by atoms with Crippen LogP contribution in [0.3, 0.4) is 0 Å². The zero-order valence-corrected chi connectivity index (χ0v) is 19.8. The third-order valence-corrected chi connectivity index (χ3v) is 6.62. The number of carboxylic acid groups (broad SMARTS) is 1. The Morgan fingerprint density at radius 3 is 2.71 bits per heavy atom. The number of amides is 2. The van der Waals surface area contributed by atoms with Gasteiger partial charge in [-0.2, -0.15) is 4.37 Å². The van der Waals surface area contributed by atoms with Crippen LogP contribution in [0.15, 0.2) is 30.3 Å². The Labute approximate surface area is 205 Å². The highest BCUT2D eigenvalue weighted by Crippen LogP contribution is 2.32. The van der Waals surface area contributed by atoms with E-state index in [-0.39, 0.29) is 27.4 Å². The minimum absolute atomic E-state index is 0.0264. The first-order chi connectivity index (χ1) is 16.9. The number of hydrogen-bond donors (Lipinski definition) is 3. The molecule has 2 heterocycles. The van der Waals surface area contributed by atoms with E-state index < -0.39 is 30.2 Å². The summed E-state index contributed by atoms with van der Waals surface area (Å²) in [5.74, 6) is -3.30. The minimum atomic E-state index is -1.38. The molecule has 0 aliphatic carbocycles. The lowest BCUT2D eigenvalue weighted by atomic mass is 10.1. The van der Waals surface area contributed by atoms with Crippen LogP contribution in [-0.4, -0.2) is 52.6 Å². The predicted octanol–water partition coefficient (Wildman–Crippen LogP) is 4.85. The lowest BCUT2D eigenvalue weighted by Crippen LogP contribution is -2.30. The summed E-state index contributed by atoms with van der Waals surface area (Å²) in [6.07, 6.45) is 4.23. The number of likely N-dealkylation sites (tertiary alicyclic amines) is 1. The van der Waals surface area contributed by atoms with Gasteiger partial charge in [-0.05, 0) is 68.3 Å². The molecule has 1 aromatic heterocycles. The first-order valence-electron chi connectivity index (χ1n) is 11.4. The van der Waals surface area contributed by atoms with Crippen molar-refractivity contribution in [2.75, 3.05) is 31.5 Å². The van der Waals surface area contributed by atoms with Crippen molar-refractivity contribution < 1.29 is 28.2 Å². The monoisotopic (exact) mass is 504 g/mol. The van der Waals surface area contributed by atoms with Crippen molar-refractivity contribution in [2.24, 2.45) is 0 Å². The molecule has 1 aliphatic heterocycles. The fraction of sp³-hybridized carbons (Fsp3) is 0.375. The Balaban J connectivity index is 1.35. The summed E-state index contributed by atoms with van der Waals surface area (Å²) in [6, 6.07) is 7.05. The first kappa shape index (κ1) is 24.8. The van der Waals surface area contributed by atoms with Crippen molar-refractivity contribution in [3.63, 3.8) is 0 Å². The number of nitrogens with zero attached hydrogens (tertiary/aromatic N) is 2. The van der Waals surface area contributed by atoms with Crippen LogP contribution in [-0.2, 0) is 6.61 Å². The molecule has 3 aromatic rings. The zero-order valence-electron chi connectivity index (χ0n) is 19.0. The van der Waals surface area contributed by atoms with E-state index in [0.29, 0.717) is 11.9 Å². The second kappa shape index (κ2) is 11.4. The second-order valence-corrected chi connectivity index (χ2v) is 9.07. The van der Waals surface area contributed by atoms with E-state index in [2.05, 4.69) is 19.9 Å². The van der Waals surface area contributed by atoms with E-state index in [1.54, 1.807) is 18.2 Å². The molecule has 2 amide bonds. The van der Waals surface area contributed by atoms with Gasteiger partial charge in [0.2, 0.25) is 5.88 Å². The molecule has 0 radical (unpaired) electrons. The van der Waals surface area contributed by atoms with E-state index in [1.807, 2.05) is 0 Å². The van der Waals surface area contributed by atoms with Gasteiger partial charge in [0.1, 0.15) is 23.2 Å². The predicted molar refractivity (Wildman–Crippen MR) is 129 cm³/mol. The number of benzene rings is 2. The third-order valence-electron chi connectivity index (χ3n) is 5.87. The van der Waals surface area contributed by atoms with Gasteiger partial charge in [0.05, 0.1) is 5.56 Å². The van der Waals surface area contributed by atoms with Crippen LogP contribution in [0.4, 0.5) is 18.6 Å². The van der Waals surface area contributed by atoms with E-state index in [9.17, 15) is 23.5 Å². The molecule has 1 aliphatic rings. The number of carbonyl (C=O) groups is 2. The smallest absolute Gasteiger partial charge is 0.344 e. The van der Waals surface area contributed by atoms with Gasteiger partial charge in [-0.15, -0.1) is 0 Å². The van der Waals surface area contributed by atoms with Gasteiger partial charge in [-0.1, -0.05) is 24.3 Å². The van der Waals surface area contributed by atoms with Gasteiger partial charge in [0.25, 0.3) is 0 Å². The summed E-state index contributed by atoms with van der Waals surface area (Å²) < 4.78 is 38.6. The van der Waals surface area contributed by atoms with Gasteiger partial charge in [0, 0.05) is 11.9 Å². The largest absolute Gasteiger partial charge is 0.477 e. The number of unbranched alkanes of at least 4 members (excludes halogenated alkanes) is 1. The summed E-state index contributed by atoms with van der Waals surface area (Å²) >= 11 is 0.718. The average molecular weight is 505 g/mol. The number of nitrogens with one attached hydrogen (secondary N) is 2. The molecule has 0 unspecified atom stereocenters. The highest BCUT2D eigenvalue weighted by molar-refractivity contribution is 7.11. The van der Waals surface area contributed by atoms with Crippen LogP contribution in [0.2, 0.25) is 0 Å². The summed E-state index contributed by atoms with van der Waals surface area (Å²) in [7, 11) is 0. The maximum atomic E-state index is 14.8. The highest BCUT2D eigenvalue weighted by atomic mass is 32.1. The number of anilines is 1. The van der Waals surface area contributed by atoms with Crippen molar-refractivity contribution in [3.05, 3.63) is 53.1 Å². The molecule has 11 heteroatoms. The number of carbonyl (C=O) groups excluding carboxylic acids is 1. The molecule has 35 heavy (non-hydrogen) atoms. The average Bonchev–Trinajstić information content (AvgIpc) is 3.49. The Bertz CT molecular complexity index is 1210. The van der Waals surface area contributed by atoms with Crippen molar-refractivity contribution >= 4 is 39.3 Å². The fourth-order valence-electron chi connectivity index (χ4n) is 4.05. The molecule has 3 N–H and O–H groups in total. The van der Waals surface area contributed by atoms with E-state index in [4.69, 9.17) is 4.74 Å². The molecule has 186 valence electrons. The van der Waals surface area contributed by atoms with Crippen molar-refractivity contribution in [1.82, 2.24) is 14.6 Å². The molecular formula is C24H26F2N4O4S. The third kappa shape index (κ3) is 6.04. The van der Waals surface area contributed by atoms with Crippen LogP contribution in [0, 0.1) is 11.6 Å². The van der Waals surface area contributed by atoms with Gasteiger partial charge < -0.3 is 20.1 Å². The molecular weight excluding hydrogens is 478 g/mol. The number of urea groups is 1. The van der Waals surface area contributed by atoms with Crippen molar-refractivity contribution in [1.29, 1.82) is 0 Å². The number of rotatable bonds is 10. The molecule has 2 aromatic carbocycles. The summed E-state index contributed by atoms with van der Waals surface area (Å²) in [5.41, 5.74) is -0.713. The molecule has 0 spiro atoms. The minimum Gasteiger partial charge on any atom is -0.477 e. The van der Waals surface area contributed by atoms with Crippen LogP contribution < -0.4 is 15.4 Å². The van der Waals surface area contributed by atoms with Gasteiger partial charge in [-0.3, -0.25) is 5.32 Å². The molecule has 0 bridgehead atoms. The van der Waals surface area contributed by atoms with Gasteiger partial charge in [-0.25, -0.2) is 18.4 Å². The lowest BCUT2D eigenvalue weighted by Gasteiger charge is -2.14. The number of ether oxygens (including phenoxy) is 1. The second-order valence-electron chi connectivity index (χ2n) is 8.29. The van der Waals surface area contributed by atoms with E-state index in [0.717, 1.165) is 44.0 Å². The maximum absolute atomic E-state index is 14.8. The summed E-state index contributed by atoms with van der Waals surface area (Å²) in [5, 5.41) is 15.4. The van der Waals surface area contributed by atoms with Crippen LogP contribution in [0.25, 0.3) is 10.8 Å². The first-order valence-corrected chi connectivity index (χ1v) is 12.2. The highest BCUT2D eigenvalue weighted by Gasteiger charge is 2.24. The lowest BCUT2D eigenvalue weighted by molar-refractivity contribution is 0.0693. The quantitative estimate of drug-likeness (QED) is 0.341. The van der Waals surface area contributed by atoms with Crippen LogP contribution >= 0.6 is 11.5 Å². The Morgan fingerprint density at radius 1 is 1.17 bits per heavy atom. The van der Waals surface area contributed by atoms with Gasteiger partial charge >= 0.3 is 12.0 Å². The van der Waals surface area contributed by atoms with Crippen molar-refractivity contribution in [3.8, 4) is 5.88 Å².